The van der Waals surface area contributed by atoms with Gasteiger partial charge in [-0.15, -0.1) is 0 Å². The number of hydrazine groups is 1. The number of carbonyl (C=O) groups is 4. The van der Waals surface area contributed by atoms with Gasteiger partial charge < -0.3 is 10.6 Å². The zero-order chi connectivity index (χ0) is 21.1. The molecule has 1 aromatic rings. The van der Waals surface area contributed by atoms with Crippen LogP contribution in [0.15, 0.2) is 30.3 Å². The Hall–Kier alpha value is -2.94. The van der Waals surface area contributed by atoms with Crippen molar-refractivity contribution in [1.29, 1.82) is 0 Å². The van der Waals surface area contributed by atoms with E-state index in [0.29, 0.717) is 10.6 Å². The highest BCUT2D eigenvalue weighted by Crippen LogP contribution is 2.27. The van der Waals surface area contributed by atoms with Crippen molar-refractivity contribution in [2.24, 2.45) is 0 Å². The van der Waals surface area contributed by atoms with Crippen LogP contribution in [0.2, 0.25) is 0 Å². The van der Waals surface area contributed by atoms with E-state index in [1.165, 1.54) is 4.90 Å². The summed E-state index contributed by atoms with van der Waals surface area (Å²) in [4.78, 5) is 50.7. The molecule has 1 atom stereocenters. The monoisotopic (exact) mass is 389 g/mol. The van der Waals surface area contributed by atoms with Crippen LogP contribution in [-0.2, 0) is 19.9 Å². The summed E-state index contributed by atoms with van der Waals surface area (Å²) < 4.78 is 0. The van der Waals surface area contributed by atoms with E-state index < -0.39 is 23.4 Å². The molecule has 0 unspecified atom stereocenters. The Kier molecular flexibility index (Phi) is 6.08. The lowest BCUT2D eigenvalue weighted by Crippen LogP contribution is -2.51. The Balaban J connectivity index is 1.96. The molecular formula is C19H27N5O4. The van der Waals surface area contributed by atoms with Crippen molar-refractivity contribution in [1.82, 2.24) is 26.0 Å². The van der Waals surface area contributed by atoms with Crippen LogP contribution in [0.3, 0.4) is 0 Å². The number of likely N-dealkylation sites (N-methyl/N-ethyl adjacent to an activating group) is 1. The second-order valence-corrected chi connectivity index (χ2v) is 8.07. The molecular weight excluding hydrogens is 362 g/mol. The van der Waals surface area contributed by atoms with Gasteiger partial charge >= 0.3 is 6.03 Å². The van der Waals surface area contributed by atoms with Crippen molar-refractivity contribution in [3.8, 4) is 0 Å². The summed E-state index contributed by atoms with van der Waals surface area (Å²) in [6.07, 6.45) is 0. The molecule has 1 aromatic carbocycles. The van der Waals surface area contributed by atoms with Crippen LogP contribution in [0.1, 0.15) is 33.3 Å². The number of nitrogens with zero attached hydrogens (tertiary/aromatic N) is 2. The molecule has 0 aliphatic carbocycles. The van der Waals surface area contributed by atoms with Crippen molar-refractivity contribution in [3.05, 3.63) is 35.9 Å². The fraction of sp³-hybridized carbons (Fsp3) is 0.474. The van der Waals surface area contributed by atoms with Gasteiger partial charge in [-0.25, -0.2) is 4.79 Å². The Morgan fingerprint density at radius 3 is 2.25 bits per heavy atom. The first-order valence-electron chi connectivity index (χ1n) is 8.93. The van der Waals surface area contributed by atoms with E-state index in [2.05, 4.69) is 16.1 Å². The van der Waals surface area contributed by atoms with E-state index in [1.807, 2.05) is 20.8 Å². The molecule has 0 saturated carbocycles. The smallest absolute Gasteiger partial charge is 0.344 e. The number of nitrogens with one attached hydrogen (secondary N) is 3. The van der Waals surface area contributed by atoms with Gasteiger partial charge in [0.1, 0.15) is 5.54 Å². The van der Waals surface area contributed by atoms with Crippen molar-refractivity contribution < 1.29 is 19.2 Å². The molecule has 1 fully saturated rings. The van der Waals surface area contributed by atoms with Gasteiger partial charge in [-0.1, -0.05) is 30.3 Å². The fourth-order valence-corrected chi connectivity index (χ4v) is 2.87. The van der Waals surface area contributed by atoms with Crippen LogP contribution in [0.4, 0.5) is 4.79 Å². The van der Waals surface area contributed by atoms with Gasteiger partial charge in [0, 0.05) is 5.54 Å². The number of benzene rings is 1. The fourth-order valence-electron chi connectivity index (χ4n) is 2.87. The molecule has 9 heteroatoms. The molecule has 0 bridgehead atoms. The van der Waals surface area contributed by atoms with E-state index >= 15 is 0 Å². The number of rotatable bonds is 6. The number of hydrogen-bond donors (Lipinski definition) is 3. The second-order valence-electron chi connectivity index (χ2n) is 8.07. The summed E-state index contributed by atoms with van der Waals surface area (Å²) in [5, 5.41) is 6.09. The molecule has 28 heavy (non-hydrogen) atoms. The Labute approximate surface area is 164 Å². The van der Waals surface area contributed by atoms with E-state index in [1.54, 1.807) is 44.3 Å². The Bertz CT molecular complexity index is 774. The predicted octanol–water partition coefficient (Wildman–Crippen LogP) is 0.331. The second kappa shape index (κ2) is 7.97. The minimum Gasteiger partial charge on any atom is -0.350 e. The highest BCUT2D eigenvalue weighted by atomic mass is 16.2. The molecule has 2 rings (SSSR count). The number of amides is 5. The molecule has 1 saturated heterocycles. The maximum Gasteiger partial charge on any atom is 0.344 e. The first-order valence-corrected chi connectivity index (χ1v) is 8.93. The third kappa shape index (κ3) is 5.07. The van der Waals surface area contributed by atoms with E-state index in [9.17, 15) is 19.2 Å². The molecule has 0 radical (unpaired) electrons. The lowest BCUT2D eigenvalue weighted by Gasteiger charge is -2.24. The van der Waals surface area contributed by atoms with Gasteiger partial charge in [-0.2, -0.15) is 5.01 Å². The molecule has 1 heterocycles. The number of imide groups is 1. The molecule has 1 aliphatic rings. The largest absolute Gasteiger partial charge is 0.350 e. The number of carbonyl (C=O) groups excluding carboxylic acids is 4. The third-order valence-corrected chi connectivity index (χ3v) is 4.12. The summed E-state index contributed by atoms with van der Waals surface area (Å²) in [6, 6.07) is 8.07. The molecule has 152 valence electrons. The van der Waals surface area contributed by atoms with Gasteiger partial charge in [0.05, 0.1) is 13.1 Å². The van der Waals surface area contributed by atoms with Crippen molar-refractivity contribution in [2.45, 2.75) is 38.8 Å². The minimum atomic E-state index is -1.26. The van der Waals surface area contributed by atoms with E-state index in [-0.39, 0.29) is 24.5 Å². The first-order chi connectivity index (χ1) is 12.9. The maximum atomic E-state index is 12.7. The van der Waals surface area contributed by atoms with Crippen LogP contribution < -0.4 is 16.1 Å². The van der Waals surface area contributed by atoms with Crippen molar-refractivity contribution >= 4 is 23.8 Å². The molecule has 0 spiro atoms. The third-order valence-electron chi connectivity index (χ3n) is 4.12. The Morgan fingerprint density at radius 2 is 1.68 bits per heavy atom. The topological polar surface area (TPSA) is 111 Å². The summed E-state index contributed by atoms with van der Waals surface area (Å²) in [5.74, 6) is -1.38. The first kappa shape index (κ1) is 21.4. The van der Waals surface area contributed by atoms with Crippen molar-refractivity contribution in [3.63, 3.8) is 0 Å². The van der Waals surface area contributed by atoms with Crippen LogP contribution in [0.5, 0.6) is 0 Å². The maximum absolute atomic E-state index is 12.7. The zero-order valence-corrected chi connectivity index (χ0v) is 16.8. The van der Waals surface area contributed by atoms with Gasteiger partial charge in [0.25, 0.3) is 11.8 Å². The number of hydrogen-bond acceptors (Lipinski definition) is 5. The van der Waals surface area contributed by atoms with Crippen molar-refractivity contribution in [2.75, 3.05) is 20.1 Å². The van der Waals surface area contributed by atoms with Crippen LogP contribution in [0, 0.1) is 0 Å². The normalized spacial score (nSPS) is 19.6. The highest BCUT2D eigenvalue weighted by molar-refractivity contribution is 6.08. The standard InChI is InChI=1S/C19H27N5O4/c1-18(2,3)20-14(25)11-23(5)12-15(26)22-24-16(27)19(4,21-17(24)28)13-9-7-6-8-10-13/h6-10H,11-12H2,1-5H3,(H,20,25)(H,21,28)(H,22,26)/t19-/m0/s1. The summed E-state index contributed by atoms with van der Waals surface area (Å²) in [5.41, 5.74) is 1.29. The van der Waals surface area contributed by atoms with Gasteiger partial charge in [0.2, 0.25) is 5.91 Å². The minimum absolute atomic E-state index is 0.00651. The average Bonchev–Trinajstić information content (AvgIpc) is 2.78. The Morgan fingerprint density at radius 1 is 1.11 bits per heavy atom. The average molecular weight is 389 g/mol. The lowest BCUT2D eigenvalue weighted by atomic mass is 9.92. The molecule has 5 amide bonds. The van der Waals surface area contributed by atoms with Gasteiger partial charge in [-0.05, 0) is 40.3 Å². The predicted molar refractivity (Wildman–Crippen MR) is 103 cm³/mol. The SMILES string of the molecule is CN(CC(=O)NN1C(=O)N[C@@](C)(c2ccccc2)C1=O)CC(=O)NC(C)(C)C. The van der Waals surface area contributed by atoms with E-state index in [4.69, 9.17) is 0 Å². The van der Waals surface area contributed by atoms with Gasteiger partial charge in [-0.3, -0.25) is 24.7 Å². The summed E-state index contributed by atoms with van der Waals surface area (Å²) in [7, 11) is 1.60. The van der Waals surface area contributed by atoms with Crippen LogP contribution >= 0.6 is 0 Å². The summed E-state index contributed by atoms with van der Waals surface area (Å²) >= 11 is 0. The van der Waals surface area contributed by atoms with Gasteiger partial charge in [0.15, 0.2) is 0 Å². The molecule has 3 N–H and O–H groups in total. The van der Waals surface area contributed by atoms with Crippen LogP contribution in [0.25, 0.3) is 0 Å². The van der Waals surface area contributed by atoms with Crippen LogP contribution in [-0.4, -0.2) is 59.3 Å². The zero-order valence-electron chi connectivity index (χ0n) is 16.8. The lowest BCUT2D eigenvalue weighted by molar-refractivity contribution is -0.139. The quantitative estimate of drug-likeness (QED) is 0.608. The summed E-state index contributed by atoms with van der Waals surface area (Å²) in [6.45, 7) is 7.01. The van der Waals surface area contributed by atoms with E-state index in [0.717, 1.165) is 0 Å². The molecule has 9 nitrogen and oxygen atoms in total. The highest BCUT2D eigenvalue weighted by Gasteiger charge is 2.49. The molecule has 0 aromatic heterocycles. The number of urea groups is 1. The molecule has 1 aliphatic heterocycles.